The predicted octanol–water partition coefficient (Wildman–Crippen LogP) is 2.97. The number of carbonyl (C=O) groups excluding carboxylic acids is 1. The van der Waals surface area contributed by atoms with Crippen molar-refractivity contribution in [3.05, 3.63) is 29.8 Å². The Hall–Kier alpha value is -1.45. The Balaban J connectivity index is 2.87. The minimum Gasteiger partial charge on any atom is -0.337 e. The molecular weight excluding hydrogens is 231 g/mol. The first-order valence-electron chi connectivity index (χ1n) is 6.32. The molecule has 1 amide bonds. The van der Waals surface area contributed by atoms with Crippen LogP contribution in [0, 0.1) is 17.8 Å². The third-order valence-electron chi connectivity index (χ3n) is 2.39. The van der Waals surface area contributed by atoms with Crippen molar-refractivity contribution < 1.29 is 9.18 Å². The van der Waals surface area contributed by atoms with Gasteiger partial charge in [0.1, 0.15) is 5.69 Å². The molecule has 0 aliphatic heterocycles. The molecule has 0 unspecified atom stereocenters. The first kappa shape index (κ1) is 14.6. The molecule has 0 atom stereocenters. The SMILES string of the molecule is CC(C)CN(CC(C)C)C(=O)c1cccc(F)n1. The number of hydrogen-bond donors (Lipinski definition) is 0. The highest BCUT2D eigenvalue weighted by atomic mass is 19.1. The van der Waals surface area contributed by atoms with E-state index in [2.05, 4.69) is 32.7 Å². The van der Waals surface area contributed by atoms with Gasteiger partial charge in [0.25, 0.3) is 5.91 Å². The van der Waals surface area contributed by atoms with E-state index in [4.69, 9.17) is 0 Å². The summed E-state index contributed by atoms with van der Waals surface area (Å²) >= 11 is 0. The van der Waals surface area contributed by atoms with E-state index in [1.807, 2.05) is 0 Å². The quantitative estimate of drug-likeness (QED) is 0.755. The number of rotatable bonds is 5. The fourth-order valence-corrected chi connectivity index (χ4v) is 1.81. The average Bonchev–Trinajstić information content (AvgIpc) is 2.26. The van der Waals surface area contributed by atoms with Crippen LogP contribution >= 0.6 is 0 Å². The molecule has 3 nitrogen and oxygen atoms in total. The van der Waals surface area contributed by atoms with E-state index < -0.39 is 5.95 Å². The molecular formula is C14H21FN2O. The van der Waals surface area contributed by atoms with Gasteiger partial charge >= 0.3 is 0 Å². The summed E-state index contributed by atoms with van der Waals surface area (Å²) in [5.74, 6) is -0.0608. The molecule has 18 heavy (non-hydrogen) atoms. The van der Waals surface area contributed by atoms with E-state index in [-0.39, 0.29) is 11.6 Å². The molecule has 0 fully saturated rings. The highest BCUT2D eigenvalue weighted by Gasteiger charge is 2.19. The van der Waals surface area contributed by atoms with Crippen LogP contribution in [-0.2, 0) is 0 Å². The van der Waals surface area contributed by atoms with E-state index in [9.17, 15) is 9.18 Å². The molecule has 0 aromatic carbocycles. The highest BCUT2D eigenvalue weighted by molar-refractivity contribution is 5.92. The maximum absolute atomic E-state index is 13.0. The smallest absolute Gasteiger partial charge is 0.272 e. The normalized spacial score (nSPS) is 11.1. The topological polar surface area (TPSA) is 33.2 Å². The number of halogens is 1. The van der Waals surface area contributed by atoms with Gasteiger partial charge in [-0.25, -0.2) is 4.98 Å². The first-order chi connectivity index (χ1) is 8.40. The van der Waals surface area contributed by atoms with E-state index >= 15 is 0 Å². The van der Waals surface area contributed by atoms with E-state index in [0.29, 0.717) is 24.9 Å². The summed E-state index contributed by atoms with van der Waals surface area (Å²) in [6.45, 7) is 9.54. The van der Waals surface area contributed by atoms with Gasteiger partial charge in [-0.05, 0) is 24.0 Å². The molecule has 0 aliphatic carbocycles. The van der Waals surface area contributed by atoms with Crippen molar-refractivity contribution in [3.63, 3.8) is 0 Å². The van der Waals surface area contributed by atoms with Gasteiger partial charge < -0.3 is 4.90 Å². The second kappa shape index (κ2) is 6.47. The van der Waals surface area contributed by atoms with Crippen LogP contribution in [-0.4, -0.2) is 28.9 Å². The van der Waals surface area contributed by atoms with Crippen LogP contribution in [0.5, 0.6) is 0 Å². The zero-order valence-corrected chi connectivity index (χ0v) is 11.5. The monoisotopic (exact) mass is 252 g/mol. The lowest BCUT2D eigenvalue weighted by atomic mass is 10.1. The van der Waals surface area contributed by atoms with Crippen LogP contribution in [0.1, 0.15) is 38.2 Å². The van der Waals surface area contributed by atoms with Crippen molar-refractivity contribution in [3.8, 4) is 0 Å². The number of pyridine rings is 1. The summed E-state index contributed by atoms with van der Waals surface area (Å²) < 4.78 is 13.0. The molecule has 1 rings (SSSR count). The second-order valence-corrected chi connectivity index (χ2v) is 5.34. The van der Waals surface area contributed by atoms with E-state index in [0.717, 1.165) is 0 Å². The predicted molar refractivity (Wildman–Crippen MR) is 69.8 cm³/mol. The zero-order chi connectivity index (χ0) is 13.7. The Labute approximate surface area is 108 Å². The number of hydrogen-bond acceptors (Lipinski definition) is 2. The van der Waals surface area contributed by atoms with E-state index in [1.54, 1.807) is 11.0 Å². The maximum atomic E-state index is 13.0. The molecule has 0 bridgehead atoms. The summed E-state index contributed by atoms with van der Waals surface area (Å²) in [7, 11) is 0. The third-order valence-corrected chi connectivity index (χ3v) is 2.39. The molecule has 0 saturated heterocycles. The van der Waals surface area contributed by atoms with Gasteiger partial charge in [0.15, 0.2) is 0 Å². The summed E-state index contributed by atoms with van der Waals surface area (Å²) in [4.78, 5) is 17.7. The molecule has 1 aromatic rings. The van der Waals surface area contributed by atoms with Gasteiger partial charge in [-0.3, -0.25) is 4.79 Å². The van der Waals surface area contributed by atoms with Crippen LogP contribution in [0.3, 0.4) is 0 Å². The molecule has 0 radical (unpaired) electrons. The summed E-state index contributed by atoms with van der Waals surface area (Å²) in [5, 5.41) is 0. The minimum absolute atomic E-state index is 0.177. The van der Waals surface area contributed by atoms with Crippen molar-refractivity contribution in [2.45, 2.75) is 27.7 Å². The summed E-state index contributed by atoms with van der Waals surface area (Å²) in [6, 6.07) is 4.31. The Morgan fingerprint density at radius 2 is 1.78 bits per heavy atom. The van der Waals surface area contributed by atoms with Gasteiger partial charge in [0, 0.05) is 13.1 Å². The van der Waals surface area contributed by atoms with Crippen LogP contribution in [0.2, 0.25) is 0 Å². The first-order valence-corrected chi connectivity index (χ1v) is 6.32. The van der Waals surface area contributed by atoms with Crippen molar-refractivity contribution in [1.82, 2.24) is 9.88 Å². The lowest BCUT2D eigenvalue weighted by molar-refractivity contribution is 0.0708. The van der Waals surface area contributed by atoms with Crippen LogP contribution in [0.15, 0.2) is 18.2 Å². The van der Waals surface area contributed by atoms with Gasteiger partial charge in [-0.15, -0.1) is 0 Å². The van der Waals surface area contributed by atoms with Crippen molar-refractivity contribution >= 4 is 5.91 Å². The minimum atomic E-state index is -0.616. The Kier molecular flexibility index (Phi) is 5.25. The molecule has 4 heteroatoms. The molecule has 1 heterocycles. The zero-order valence-electron chi connectivity index (χ0n) is 11.5. The summed E-state index contributed by atoms with van der Waals surface area (Å²) in [6.07, 6.45) is 0. The standard InChI is InChI=1S/C14H21FN2O/c1-10(2)8-17(9-11(3)4)14(18)12-6-5-7-13(15)16-12/h5-7,10-11H,8-9H2,1-4H3. The van der Waals surface area contributed by atoms with Crippen molar-refractivity contribution in [2.75, 3.05) is 13.1 Å². The van der Waals surface area contributed by atoms with Crippen LogP contribution in [0.4, 0.5) is 4.39 Å². The number of carbonyl (C=O) groups is 1. The molecule has 100 valence electrons. The van der Waals surface area contributed by atoms with Crippen LogP contribution < -0.4 is 0 Å². The molecule has 1 aromatic heterocycles. The lowest BCUT2D eigenvalue weighted by Crippen LogP contribution is -2.37. The van der Waals surface area contributed by atoms with Gasteiger partial charge in [0.2, 0.25) is 5.95 Å². The highest BCUT2D eigenvalue weighted by Crippen LogP contribution is 2.09. The fraction of sp³-hybridized carbons (Fsp3) is 0.571. The Morgan fingerprint density at radius 1 is 1.22 bits per heavy atom. The van der Waals surface area contributed by atoms with Crippen LogP contribution in [0.25, 0.3) is 0 Å². The van der Waals surface area contributed by atoms with Crippen molar-refractivity contribution in [1.29, 1.82) is 0 Å². The van der Waals surface area contributed by atoms with E-state index in [1.165, 1.54) is 12.1 Å². The summed E-state index contributed by atoms with van der Waals surface area (Å²) in [5.41, 5.74) is 0.177. The Morgan fingerprint density at radius 3 is 2.22 bits per heavy atom. The molecule has 0 aliphatic rings. The van der Waals surface area contributed by atoms with Gasteiger partial charge in [-0.2, -0.15) is 4.39 Å². The van der Waals surface area contributed by atoms with Gasteiger partial charge in [0.05, 0.1) is 0 Å². The van der Waals surface area contributed by atoms with Crippen molar-refractivity contribution in [2.24, 2.45) is 11.8 Å². The maximum Gasteiger partial charge on any atom is 0.272 e. The number of amides is 1. The largest absolute Gasteiger partial charge is 0.337 e. The molecule has 0 spiro atoms. The Bertz CT molecular complexity index is 395. The number of aromatic nitrogens is 1. The number of nitrogens with zero attached hydrogens (tertiary/aromatic N) is 2. The second-order valence-electron chi connectivity index (χ2n) is 5.34. The molecule has 0 N–H and O–H groups in total. The fourth-order valence-electron chi connectivity index (χ4n) is 1.81. The van der Waals surface area contributed by atoms with Gasteiger partial charge in [-0.1, -0.05) is 33.8 Å². The average molecular weight is 252 g/mol. The molecule has 0 saturated carbocycles. The third kappa shape index (κ3) is 4.43. The lowest BCUT2D eigenvalue weighted by Gasteiger charge is -2.26.